The van der Waals surface area contributed by atoms with E-state index in [1.54, 1.807) is 12.1 Å². The Morgan fingerprint density at radius 1 is 0.759 bits per heavy atom. The van der Waals surface area contributed by atoms with Gasteiger partial charge in [-0.25, -0.2) is 4.39 Å². The van der Waals surface area contributed by atoms with Crippen molar-refractivity contribution in [3.05, 3.63) is 108 Å². The van der Waals surface area contributed by atoms with Gasteiger partial charge in [0.1, 0.15) is 5.82 Å². The maximum atomic E-state index is 13.5. The smallest absolute Gasteiger partial charge is 0.123 e. The highest BCUT2D eigenvalue weighted by Gasteiger charge is 2.27. The zero-order valence-electron chi connectivity index (χ0n) is 15.4. The maximum Gasteiger partial charge on any atom is 0.123 e. The molecule has 0 spiro atoms. The molecule has 142 valence electrons. The lowest BCUT2D eigenvalue weighted by Gasteiger charge is -2.18. The van der Waals surface area contributed by atoms with Crippen LogP contribution in [-0.2, 0) is 0 Å². The summed E-state index contributed by atoms with van der Waals surface area (Å²) in [5, 5.41) is 15.8. The number of hydrogen-bond donors (Lipinski definition) is 3. The highest BCUT2D eigenvalue weighted by molar-refractivity contribution is 6.10. The van der Waals surface area contributed by atoms with Gasteiger partial charge in [-0.05, 0) is 35.4 Å². The van der Waals surface area contributed by atoms with E-state index in [0.717, 1.165) is 32.9 Å². The molecule has 5 rings (SSSR count). The van der Waals surface area contributed by atoms with E-state index in [4.69, 9.17) is 0 Å². The fourth-order valence-electron chi connectivity index (χ4n) is 4.03. The van der Waals surface area contributed by atoms with Crippen LogP contribution in [0, 0.1) is 5.82 Å². The van der Waals surface area contributed by atoms with Crippen molar-refractivity contribution in [2.24, 2.45) is 5.16 Å². The number of halogens is 1. The molecule has 0 aliphatic carbocycles. The Balaban J connectivity index is 1.78. The second-order valence-corrected chi connectivity index (χ2v) is 7.00. The summed E-state index contributed by atoms with van der Waals surface area (Å²) < 4.78 is 13.5. The molecule has 0 amide bonds. The number of rotatable bonds is 4. The van der Waals surface area contributed by atoms with E-state index in [-0.39, 0.29) is 11.7 Å². The molecule has 0 bridgehead atoms. The molecule has 0 fully saturated rings. The fourth-order valence-corrected chi connectivity index (χ4v) is 4.03. The number of nitrogens with one attached hydrogen (secondary N) is 2. The van der Waals surface area contributed by atoms with Crippen LogP contribution in [0.2, 0.25) is 0 Å². The van der Waals surface area contributed by atoms with Crippen molar-refractivity contribution in [3.8, 4) is 0 Å². The van der Waals surface area contributed by atoms with Gasteiger partial charge in [0, 0.05) is 39.8 Å². The van der Waals surface area contributed by atoms with Crippen LogP contribution in [0.3, 0.4) is 0 Å². The molecule has 3 aromatic carbocycles. The number of aromatic amines is 2. The van der Waals surface area contributed by atoms with Crippen LogP contribution in [0.1, 0.15) is 22.6 Å². The molecule has 5 heteroatoms. The second kappa shape index (κ2) is 6.95. The van der Waals surface area contributed by atoms with Crippen LogP contribution in [-0.4, -0.2) is 20.9 Å². The zero-order valence-corrected chi connectivity index (χ0v) is 15.4. The first-order valence-electron chi connectivity index (χ1n) is 9.36. The SMILES string of the molecule is O/N=C(\c1ccc(F)cc1)C(c1c[nH]c2ccccc12)c1c[nH]c2ccccc12. The van der Waals surface area contributed by atoms with E-state index in [9.17, 15) is 9.60 Å². The summed E-state index contributed by atoms with van der Waals surface area (Å²) in [6, 6.07) is 22.1. The van der Waals surface area contributed by atoms with Gasteiger partial charge in [-0.15, -0.1) is 0 Å². The lowest BCUT2D eigenvalue weighted by Crippen LogP contribution is -2.15. The predicted octanol–water partition coefficient (Wildman–Crippen LogP) is 5.80. The van der Waals surface area contributed by atoms with Crippen LogP contribution in [0.15, 0.2) is 90.3 Å². The Labute approximate surface area is 166 Å². The van der Waals surface area contributed by atoms with Gasteiger partial charge in [-0.2, -0.15) is 0 Å². The number of oxime groups is 1. The summed E-state index contributed by atoms with van der Waals surface area (Å²) in [6.45, 7) is 0. The molecule has 0 radical (unpaired) electrons. The first-order valence-corrected chi connectivity index (χ1v) is 9.36. The minimum Gasteiger partial charge on any atom is -0.411 e. The molecule has 0 atom stereocenters. The molecule has 29 heavy (non-hydrogen) atoms. The second-order valence-electron chi connectivity index (χ2n) is 7.00. The molecule has 0 aliphatic heterocycles. The topological polar surface area (TPSA) is 64.2 Å². The van der Waals surface area contributed by atoms with E-state index in [1.165, 1.54) is 12.1 Å². The van der Waals surface area contributed by atoms with Crippen LogP contribution in [0.4, 0.5) is 4.39 Å². The Hall–Kier alpha value is -3.86. The summed E-state index contributed by atoms with van der Waals surface area (Å²) >= 11 is 0. The molecule has 0 aliphatic rings. The summed E-state index contributed by atoms with van der Waals surface area (Å²) in [5.41, 5.74) is 5.10. The van der Waals surface area contributed by atoms with E-state index in [2.05, 4.69) is 15.1 Å². The van der Waals surface area contributed by atoms with Crippen molar-refractivity contribution >= 4 is 27.5 Å². The van der Waals surface area contributed by atoms with Crippen molar-refractivity contribution in [2.75, 3.05) is 0 Å². The molecular weight excluding hydrogens is 365 g/mol. The Bertz CT molecular complexity index is 1260. The third-order valence-electron chi connectivity index (χ3n) is 5.39. The van der Waals surface area contributed by atoms with Gasteiger partial charge in [-0.1, -0.05) is 53.7 Å². The largest absolute Gasteiger partial charge is 0.411 e. The first-order chi connectivity index (χ1) is 14.3. The highest BCUT2D eigenvalue weighted by Crippen LogP contribution is 2.37. The van der Waals surface area contributed by atoms with Crippen molar-refractivity contribution in [1.82, 2.24) is 9.97 Å². The Morgan fingerprint density at radius 2 is 1.28 bits per heavy atom. The normalized spacial score (nSPS) is 12.3. The van der Waals surface area contributed by atoms with Gasteiger partial charge in [-0.3, -0.25) is 0 Å². The Morgan fingerprint density at radius 3 is 1.79 bits per heavy atom. The molecule has 0 saturated carbocycles. The molecule has 3 N–H and O–H groups in total. The van der Waals surface area contributed by atoms with E-state index in [1.807, 2.05) is 60.9 Å². The fraction of sp³-hybridized carbons (Fsp3) is 0.0417. The molecule has 0 unspecified atom stereocenters. The number of fused-ring (bicyclic) bond motifs is 2. The van der Waals surface area contributed by atoms with E-state index < -0.39 is 0 Å². The number of nitrogens with zero attached hydrogens (tertiary/aromatic N) is 1. The summed E-state index contributed by atoms with van der Waals surface area (Å²) in [4.78, 5) is 6.62. The van der Waals surface area contributed by atoms with Gasteiger partial charge in [0.2, 0.25) is 0 Å². The molecule has 5 aromatic rings. The van der Waals surface area contributed by atoms with Gasteiger partial charge < -0.3 is 15.2 Å². The quantitative estimate of drug-likeness (QED) is 0.205. The standard InChI is InChI=1S/C24H18FN3O/c25-16-11-9-15(10-12-16)24(28-29)23(19-13-26-21-7-3-1-5-17(19)21)20-14-27-22-8-4-2-6-18(20)22/h1-14,23,26-27,29H/b28-24+. The van der Waals surface area contributed by atoms with E-state index >= 15 is 0 Å². The average Bonchev–Trinajstić information content (AvgIpc) is 3.37. The number of H-pyrrole nitrogens is 2. The lowest BCUT2D eigenvalue weighted by atomic mass is 9.84. The third-order valence-corrected chi connectivity index (χ3v) is 5.39. The molecule has 0 saturated heterocycles. The van der Waals surface area contributed by atoms with Crippen molar-refractivity contribution in [2.45, 2.75) is 5.92 Å². The van der Waals surface area contributed by atoms with Crippen molar-refractivity contribution in [1.29, 1.82) is 0 Å². The lowest BCUT2D eigenvalue weighted by molar-refractivity contribution is 0.317. The maximum absolute atomic E-state index is 13.5. The summed E-state index contributed by atoms with van der Waals surface area (Å²) in [6.07, 6.45) is 3.90. The predicted molar refractivity (Wildman–Crippen MR) is 113 cm³/mol. The van der Waals surface area contributed by atoms with Gasteiger partial charge in [0.05, 0.1) is 11.6 Å². The molecule has 2 heterocycles. The van der Waals surface area contributed by atoms with Gasteiger partial charge in [0.25, 0.3) is 0 Å². The molecule has 4 nitrogen and oxygen atoms in total. The minimum absolute atomic E-state index is 0.332. The van der Waals surface area contributed by atoms with Crippen LogP contribution in [0.25, 0.3) is 21.8 Å². The summed E-state index contributed by atoms with van der Waals surface area (Å²) in [5.74, 6) is -0.681. The van der Waals surface area contributed by atoms with Crippen LogP contribution >= 0.6 is 0 Å². The van der Waals surface area contributed by atoms with Gasteiger partial charge >= 0.3 is 0 Å². The average molecular weight is 383 g/mol. The van der Waals surface area contributed by atoms with Crippen molar-refractivity contribution in [3.63, 3.8) is 0 Å². The number of aromatic nitrogens is 2. The number of benzene rings is 3. The van der Waals surface area contributed by atoms with Crippen LogP contribution < -0.4 is 0 Å². The minimum atomic E-state index is -0.349. The molecular formula is C24H18FN3O. The van der Waals surface area contributed by atoms with E-state index in [0.29, 0.717) is 11.3 Å². The van der Waals surface area contributed by atoms with Crippen LogP contribution in [0.5, 0.6) is 0 Å². The zero-order chi connectivity index (χ0) is 19.8. The summed E-state index contributed by atoms with van der Waals surface area (Å²) in [7, 11) is 0. The number of para-hydroxylation sites is 2. The van der Waals surface area contributed by atoms with Gasteiger partial charge in [0.15, 0.2) is 0 Å². The number of hydrogen-bond acceptors (Lipinski definition) is 2. The highest BCUT2D eigenvalue weighted by atomic mass is 19.1. The monoisotopic (exact) mass is 383 g/mol. The first kappa shape index (κ1) is 17.3. The Kier molecular flexibility index (Phi) is 4.13. The third kappa shape index (κ3) is 2.88. The molecule has 2 aromatic heterocycles. The van der Waals surface area contributed by atoms with Crippen molar-refractivity contribution < 1.29 is 9.60 Å².